The lowest BCUT2D eigenvalue weighted by molar-refractivity contribution is 0.0600. The quantitative estimate of drug-likeness (QED) is 0.416. The molecule has 0 spiro atoms. The molecule has 6 nitrogen and oxygen atoms in total. The molecule has 0 saturated carbocycles. The molecule has 1 saturated heterocycles. The minimum Gasteiger partial charge on any atom is -0.465 e. The largest absolute Gasteiger partial charge is 0.465 e. The summed E-state index contributed by atoms with van der Waals surface area (Å²) >= 11 is 0. The summed E-state index contributed by atoms with van der Waals surface area (Å²) in [5.41, 5.74) is 1.74. The average molecular weight is 375 g/mol. The number of ether oxygens (including phenoxy) is 1. The first-order valence-electron chi connectivity index (χ1n) is 10.1. The van der Waals surface area contributed by atoms with E-state index in [-0.39, 0.29) is 5.97 Å². The molecule has 1 aliphatic heterocycles. The number of carbonyl (C=O) groups excluding carboxylic acids is 1. The summed E-state index contributed by atoms with van der Waals surface area (Å²) in [6.07, 6.45) is 4.40. The molecule has 1 aromatic carbocycles. The second kappa shape index (κ2) is 11.6. The standard InChI is InChI=1S/C21H34N4O2/c1-4-14-25-15-11-19(12-16-25)24-21(22-5-2)23-13-10-17-6-8-18(9-7-17)20(26)27-3/h6-9,19H,4-5,10-16H2,1-3H3,(H2,22,23,24). The zero-order valence-electron chi connectivity index (χ0n) is 17.0. The van der Waals surface area contributed by atoms with E-state index >= 15 is 0 Å². The first kappa shape index (κ1) is 21.2. The molecule has 0 amide bonds. The Balaban J connectivity index is 1.82. The topological polar surface area (TPSA) is 66.0 Å². The maximum absolute atomic E-state index is 11.5. The summed E-state index contributed by atoms with van der Waals surface area (Å²) in [5.74, 6) is 0.598. The summed E-state index contributed by atoms with van der Waals surface area (Å²) in [7, 11) is 1.40. The van der Waals surface area contributed by atoms with Crippen LogP contribution in [0.1, 0.15) is 49.0 Å². The summed E-state index contributed by atoms with van der Waals surface area (Å²) < 4.78 is 4.73. The van der Waals surface area contributed by atoms with E-state index in [4.69, 9.17) is 9.73 Å². The summed E-state index contributed by atoms with van der Waals surface area (Å²) in [4.78, 5) is 18.7. The average Bonchev–Trinajstić information content (AvgIpc) is 2.70. The second-order valence-electron chi connectivity index (χ2n) is 6.96. The molecule has 0 atom stereocenters. The number of hydrogen-bond acceptors (Lipinski definition) is 4. The van der Waals surface area contributed by atoms with Crippen LogP contribution in [0.25, 0.3) is 0 Å². The number of nitrogens with one attached hydrogen (secondary N) is 2. The smallest absolute Gasteiger partial charge is 0.337 e. The Hall–Kier alpha value is -2.08. The van der Waals surface area contributed by atoms with Gasteiger partial charge in [-0.05, 0) is 56.8 Å². The van der Waals surface area contributed by atoms with Crippen LogP contribution in [0, 0.1) is 0 Å². The molecule has 0 unspecified atom stereocenters. The van der Waals surface area contributed by atoms with Gasteiger partial charge >= 0.3 is 5.97 Å². The first-order chi connectivity index (χ1) is 13.2. The number of rotatable bonds is 8. The van der Waals surface area contributed by atoms with E-state index in [9.17, 15) is 4.79 Å². The number of benzene rings is 1. The molecule has 0 aliphatic carbocycles. The number of esters is 1. The zero-order valence-corrected chi connectivity index (χ0v) is 17.0. The van der Waals surface area contributed by atoms with E-state index in [1.54, 1.807) is 12.1 Å². The number of aliphatic imine (C=N–C) groups is 1. The Kier molecular flexibility index (Phi) is 9.11. The number of piperidine rings is 1. The van der Waals surface area contributed by atoms with Crippen molar-refractivity contribution in [2.45, 2.75) is 45.6 Å². The minimum absolute atomic E-state index is 0.303. The number of hydrogen-bond donors (Lipinski definition) is 2. The highest BCUT2D eigenvalue weighted by atomic mass is 16.5. The van der Waals surface area contributed by atoms with Crippen molar-refractivity contribution in [3.05, 3.63) is 35.4 Å². The first-order valence-corrected chi connectivity index (χ1v) is 10.1. The zero-order chi connectivity index (χ0) is 19.5. The van der Waals surface area contributed by atoms with Gasteiger partial charge in [-0.25, -0.2) is 4.79 Å². The fourth-order valence-corrected chi connectivity index (χ4v) is 3.35. The van der Waals surface area contributed by atoms with Crippen molar-refractivity contribution >= 4 is 11.9 Å². The fraction of sp³-hybridized carbons (Fsp3) is 0.619. The molecule has 2 N–H and O–H groups in total. The molecule has 6 heteroatoms. The Morgan fingerprint density at radius 3 is 2.52 bits per heavy atom. The highest BCUT2D eigenvalue weighted by Gasteiger charge is 2.19. The predicted octanol–water partition coefficient (Wildman–Crippen LogP) is 2.45. The Morgan fingerprint density at radius 1 is 1.22 bits per heavy atom. The molecule has 27 heavy (non-hydrogen) atoms. The van der Waals surface area contributed by atoms with Gasteiger partial charge in [0.2, 0.25) is 0 Å². The third kappa shape index (κ3) is 7.21. The van der Waals surface area contributed by atoms with Crippen LogP contribution in [0.15, 0.2) is 29.3 Å². The lowest BCUT2D eigenvalue weighted by Crippen LogP contribution is -2.48. The van der Waals surface area contributed by atoms with Crippen LogP contribution >= 0.6 is 0 Å². The van der Waals surface area contributed by atoms with Gasteiger partial charge in [-0.3, -0.25) is 4.99 Å². The highest BCUT2D eigenvalue weighted by Crippen LogP contribution is 2.10. The van der Waals surface area contributed by atoms with Crippen LogP contribution in [0.5, 0.6) is 0 Å². The van der Waals surface area contributed by atoms with Gasteiger partial charge in [-0.15, -0.1) is 0 Å². The third-order valence-corrected chi connectivity index (χ3v) is 4.86. The maximum Gasteiger partial charge on any atom is 0.337 e. The van der Waals surface area contributed by atoms with Crippen LogP contribution in [-0.4, -0.2) is 62.7 Å². The molecule has 150 valence electrons. The monoisotopic (exact) mass is 374 g/mol. The van der Waals surface area contributed by atoms with Gasteiger partial charge in [-0.1, -0.05) is 19.1 Å². The Morgan fingerprint density at radius 2 is 1.93 bits per heavy atom. The Labute approximate surface area is 163 Å². The highest BCUT2D eigenvalue weighted by molar-refractivity contribution is 5.89. The van der Waals surface area contributed by atoms with E-state index in [1.165, 1.54) is 32.9 Å². The van der Waals surface area contributed by atoms with Gasteiger partial charge < -0.3 is 20.3 Å². The molecule has 1 aliphatic rings. The van der Waals surface area contributed by atoms with Gasteiger partial charge in [0.1, 0.15) is 0 Å². The molecule has 1 heterocycles. The lowest BCUT2D eigenvalue weighted by atomic mass is 10.1. The molecule has 1 fully saturated rings. The van der Waals surface area contributed by atoms with E-state index in [0.717, 1.165) is 37.6 Å². The van der Waals surface area contributed by atoms with Crippen LogP contribution < -0.4 is 10.6 Å². The van der Waals surface area contributed by atoms with E-state index in [0.29, 0.717) is 18.2 Å². The van der Waals surface area contributed by atoms with E-state index < -0.39 is 0 Å². The molecule has 0 radical (unpaired) electrons. The lowest BCUT2D eigenvalue weighted by Gasteiger charge is -2.32. The SMILES string of the molecule is CCCN1CCC(NC(=NCCc2ccc(C(=O)OC)cc2)NCC)CC1. The van der Waals surface area contributed by atoms with Crippen molar-refractivity contribution in [1.82, 2.24) is 15.5 Å². The van der Waals surface area contributed by atoms with Gasteiger partial charge in [0, 0.05) is 32.2 Å². The third-order valence-electron chi connectivity index (χ3n) is 4.86. The van der Waals surface area contributed by atoms with E-state index in [1.807, 2.05) is 12.1 Å². The fourth-order valence-electron chi connectivity index (χ4n) is 3.35. The van der Waals surface area contributed by atoms with Crippen LogP contribution in [0.4, 0.5) is 0 Å². The summed E-state index contributed by atoms with van der Waals surface area (Å²) in [6.45, 7) is 9.43. The van der Waals surface area contributed by atoms with Crippen LogP contribution in [-0.2, 0) is 11.2 Å². The molecular weight excluding hydrogens is 340 g/mol. The Bertz CT molecular complexity index is 593. The second-order valence-corrected chi connectivity index (χ2v) is 6.96. The van der Waals surface area contributed by atoms with Crippen molar-refractivity contribution in [3.8, 4) is 0 Å². The number of guanidine groups is 1. The summed E-state index contributed by atoms with van der Waals surface area (Å²) in [5, 5.41) is 6.94. The van der Waals surface area contributed by atoms with Crippen molar-refractivity contribution in [1.29, 1.82) is 0 Å². The van der Waals surface area contributed by atoms with Gasteiger partial charge in [0.25, 0.3) is 0 Å². The van der Waals surface area contributed by atoms with Crippen molar-refractivity contribution < 1.29 is 9.53 Å². The van der Waals surface area contributed by atoms with Crippen LogP contribution in [0.3, 0.4) is 0 Å². The number of likely N-dealkylation sites (tertiary alicyclic amines) is 1. The normalized spacial score (nSPS) is 16.2. The number of carbonyl (C=O) groups is 1. The molecule has 1 aromatic rings. The molecule has 0 aromatic heterocycles. The minimum atomic E-state index is -0.303. The van der Waals surface area contributed by atoms with Crippen molar-refractivity contribution in [2.75, 3.05) is 39.8 Å². The van der Waals surface area contributed by atoms with Gasteiger partial charge in [0.05, 0.1) is 12.7 Å². The predicted molar refractivity (Wildman–Crippen MR) is 110 cm³/mol. The maximum atomic E-state index is 11.5. The van der Waals surface area contributed by atoms with Gasteiger partial charge in [0.15, 0.2) is 5.96 Å². The van der Waals surface area contributed by atoms with Crippen molar-refractivity contribution in [3.63, 3.8) is 0 Å². The molecular formula is C21H34N4O2. The molecule has 0 bridgehead atoms. The summed E-state index contributed by atoms with van der Waals surface area (Å²) in [6, 6.07) is 8.03. The van der Waals surface area contributed by atoms with Crippen LogP contribution in [0.2, 0.25) is 0 Å². The molecule has 2 rings (SSSR count). The van der Waals surface area contributed by atoms with Gasteiger partial charge in [-0.2, -0.15) is 0 Å². The van der Waals surface area contributed by atoms with E-state index in [2.05, 4.69) is 29.4 Å². The van der Waals surface area contributed by atoms with Crippen molar-refractivity contribution in [2.24, 2.45) is 4.99 Å². The number of methoxy groups -OCH3 is 1. The number of nitrogens with zero attached hydrogens (tertiary/aromatic N) is 2.